The molecular formula is C18H34N6O6. The molecule has 0 saturated carbocycles. The Balaban J connectivity index is 4.79. The highest BCUT2D eigenvalue weighted by Gasteiger charge is 2.26. The maximum absolute atomic E-state index is 12.3. The fourth-order valence-electron chi connectivity index (χ4n) is 2.59. The molecule has 0 radical (unpaired) electrons. The van der Waals surface area contributed by atoms with Crippen LogP contribution in [0.25, 0.3) is 0 Å². The lowest BCUT2D eigenvalue weighted by molar-refractivity contribution is -0.142. The Kier molecular flexibility index (Phi) is 13.0. The first-order chi connectivity index (χ1) is 14.0. The van der Waals surface area contributed by atoms with Gasteiger partial charge in [0.2, 0.25) is 23.6 Å². The summed E-state index contributed by atoms with van der Waals surface area (Å²) in [7, 11) is 0. The van der Waals surface area contributed by atoms with Crippen molar-refractivity contribution in [2.75, 3.05) is 13.1 Å². The fourth-order valence-corrected chi connectivity index (χ4v) is 2.59. The summed E-state index contributed by atoms with van der Waals surface area (Å²) >= 11 is 0. The number of primary amides is 1. The molecule has 12 heteroatoms. The molecule has 0 fully saturated rings. The zero-order chi connectivity index (χ0) is 23.3. The van der Waals surface area contributed by atoms with E-state index in [0.717, 1.165) is 0 Å². The average molecular weight is 431 g/mol. The van der Waals surface area contributed by atoms with Gasteiger partial charge in [-0.1, -0.05) is 13.8 Å². The molecule has 3 atom stereocenters. The summed E-state index contributed by atoms with van der Waals surface area (Å²) in [5.41, 5.74) is 16.2. The molecule has 12 nitrogen and oxygen atoms in total. The summed E-state index contributed by atoms with van der Waals surface area (Å²) in [6, 6.07) is -3.29. The average Bonchev–Trinajstić information content (AvgIpc) is 2.63. The summed E-state index contributed by atoms with van der Waals surface area (Å²) < 4.78 is 0. The number of amides is 4. The Morgan fingerprint density at radius 1 is 0.967 bits per heavy atom. The maximum Gasteiger partial charge on any atom is 0.326 e. The monoisotopic (exact) mass is 430 g/mol. The molecule has 0 aromatic heterocycles. The number of nitrogens with one attached hydrogen (secondary N) is 3. The van der Waals surface area contributed by atoms with Crippen LogP contribution < -0.4 is 33.2 Å². The van der Waals surface area contributed by atoms with Gasteiger partial charge in [-0.15, -0.1) is 0 Å². The molecule has 0 aromatic rings. The molecule has 30 heavy (non-hydrogen) atoms. The second kappa shape index (κ2) is 14.3. The van der Waals surface area contributed by atoms with Crippen LogP contribution in [-0.4, -0.2) is 65.9 Å². The van der Waals surface area contributed by atoms with Gasteiger partial charge in [0.15, 0.2) is 0 Å². The number of rotatable bonds is 15. The highest BCUT2D eigenvalue weighted by atomic mass is 16.4. The fraction of sp³-hybridized carbons (Fsp3) is 0.722. The van der Waals surface area contributed by atoms with Gasteiger partial charge in [0.05, 0.1) is 19.0 Å². The first-order valence-corrected chi connectivity index (χ1v) is 9.82. The number of hydrogen-bond donors (Lipinski definition) is 7. The quantitative estimate of drug-likeness (QED) is 0.138. The SMILES string of the molecule is CC(C)CC(N)C(=O)NC(CC(N)=O)C(=O)NCC(=O)NC(CCCCN)C(=O)O. The Hall–Kier alpha value is -2.73. The molecule has 3 unspecified atom stereocenters. The lowest BCUT2D eigenvalue weighted by Crippen LogP contribution is -2.54. The smallest absolute Gasteiger partial charge is 0.326 e. The maximum atomic E-state index is 12.3. The van der Waals surface area contributed by atoms with Gasteiger partial charge in [0.25, 0.3) is 0 Å². The first-order valence-electron chi connectivity index (χ1n) is 9.82. The van der Waals surface area contributed by atoms with Gasteiger partial charge in [-0.25, -0.2) is 4.79 Å². The highest BCUT2D eigenvalue weighted by molar-refractivity contribution is 5.95. The third-order valence-electron chi connectivity index (χ3n) is 4.10. The van der Waals surface area contributed by atoms with Crippen LogP contribution in [0.15, 0.2) is 0 Å². The van der Waals surface area contributed by atoms with Crippen molar-refractivity contribution in [3.05, 3.63) is 0 Å². The van der Waals surface area contributed by atoms with E-state index in [1.165, 1.54) is 0 Å². The topological polar surface area (TPSA) is 220 Å². The van der Waals surface area contributed by atoms with Crippen LogP contribution in [0.5, 0.6) is 0 Å². The van der Waals surface area contributed by atoms with Crippen LogP contribution in [0.4, 0.5) is 0 Å². The molecule has 172 valence electrons. The van der Waals surface area contributed by atoms with Crippen molar-refractivity contribution in [1.82, 2.24) is 16.0 Å². The van der Waals surface area contributed by atoms with E-state index in [-0.39, 0.29) is 12.3 Å². The zero-order valence-electron chi connectivity index (χ0n) is 17.5. The van der Waals surface area contributed by atoms with E-state index in [1.807, 2.05) is 13.8 Å². The number of unbranched alkanes of at least 4 members (excludes halogenated alkanes) is 1. The van der Waals surface area contributed by atoms with Crippen molar-refractivity contribution in [3.63, 3.8) is 0 Å². The van der Waals surface area contributed by atoms with E-state index in [9.17, 15) is 24.0 Å². The Labute approximate surface area is 175 Å². The van der Waals surface area contributed by atoms with Gasteiger partial charge < -0.3 is 38.3 Å². The molecule has 0 saturated heterocycles. The largest absolute Gasteiger partial charge is 0.480 e. The van der Waals surface area contributed by atoms with E-state index in [0.29, 0.717) is 25.8 Å². The van der Waals surface area contributed by atoms with Gasteiger partial charge >= 0.3 is 5.97 Å². The Morgan fingerprint density at radius 2 is 1.60 bits per heavy atom. The third kappa shape index (κ3) is 12.0. The number of nitrogens with two attached hydrogens (primary N) is 3. The van der Waals surface area contributed by atoms with Crippen molar-refractivity contribution >= 4 is 29.6 Å². The molecule has 0 aliphatic heterocycles. The molecule has 0 heterocycles. The van der Waals surface area contributed by atoms with E-state index < -0.39 is 60.7 Å². The van der Waals surface area contributed by atoms with Crippen LogP contribution in [0.1, 0.15) is 46.0 Å². The lowest BCUT2D eigenvalue weighted by atomic mass is 10.0. The number of carboxylic acids is 1. The zero-order valence-corrected chi connectivity index (χ0v) is 17.5. The van der Waals surface area contributed by atoms with Crippen molar-refractivity contribution in [2.45, 2.75) is 64.1 Å². The van der Waals surface area contributed by atoms with Gasteiger partial charge in [-0.2, -0.15) is 0 Å². The number of carbonyl (C=O) groups is 5. The molecule has 0 bridgehead atoms. The molecular weight excluding hydrogens is 396 g/mol. The second-order valence-corrected chi connectivity index (χ2v) is 7.43. The molecule has 0 aliphatic rings. The number of aliphatic carboxylic acids is 1. The van der Waals surface area contributed by atoms with Gasteiger partial charge in [0, 0.05) is 0 Å². The lowest BCUT2D eigenvalue weighted by Gasteiger charge is -2.21. The molecule has 0 spiro atoms. The molecule has 0 aromatic carbocycles. The summed E-state index contributed by atoms with van der Waals surface area (Å²) in [5.74, 6) is -4.06. The predicted octanol–water partition coefficient (Wildman–Crippen LogP) is -2.47. The summed E-state index contributed by atoms with van der Waals surface area (Å²) in [6.45, 7) is 3.62. The summed E-state index contributed by atoms with van der Waals surface area (Å²) in [5, 5.41) is 16.1. The highest BCUT2D eigenvalue weighted by Crippen LogP contribution is 2.04. The minimum Gasteiger partial charge on any atom is -0.480 e. The van der Waals surface area contributed by atoms with Crippen LogP contribution in [0, 0.1) is 5.92 Å². The number of hydrogen-bond acceptors (Lipinski definition) is 7. The normalized spacial score (nSPS) is 13.8. The van der Waals surface area contributed by atoms with Crippen molar-refractivity contribution in [2.24, 2.45) is 23.1 Å². The number of carbonyl (C=O) groups excluding carboxylic acids is 4. The summed E-state index contributed by atoms with van der Waals surface area (Å²) in [4.78, 5) is 58.9. The predicted molar refractivity (Wildman–Crippen MR) is 109 cm³/mol. The van der Waals surface area contributed by atoms with Gasteiger partial charge in [0.1, 0.15) is 12.1 Å². The van der Waals surface area contributed by atoms with Crippen LogP contribution in [-0.2, 0) is 24.0 Å². The Bertz CT molecular complexity index is 612. The third-order valence-corrected chi connectivity index (χ3v) is 4.10. The first kappa shape index (κ1) is 27.3. The van der Waals surface area contributed by atoms with Gasteiger partial charge in [-0.05, 0) is 38.1 Å². The number of carboxylic acid groups (broad SMARTS) is 1. The van der Waals surface area contributed by atoms with Crippen molar-refractivity contribution < 1.29 is 29.1 Å². The Morgan fingerprint density at radius 3 is 2.10 bits per heavy atom. The molecule has 4 amide bonds. The van der Waals surface area contributed by atoms with Crippen LogP contribution in [0.3, 0.4) is 0 Å². The van der Waals surface area contributed by atoms with E-state index in [1.54, 1.807) is 0 Å². The van der Waals surface area contributed by atoms with E-state index in [4.69, 9.17) is 22.3 Å². The minimum absolute atomic E-state index is 0.143. The van der Waals surface area contributed by atoms with Crippen molar-refractivity contribution in [3.8, 4) is 0 Å². The van der Waals surface area contributed by atoms with Gasteiger partial charge in [-0.3, -0.25) is 19.2 Å². The molecule has 0 aliphatic carbocycles. The second-order valence-electron chi connectivity index (χ2n) is 7.43. The van der Waals surface area contributed by atoms with Crippen LogP contribution in [0.2, 0.25) is 0 Å². The minimum atomic E-state index is -1.30. The van der Waals surface area contributed by atoms with E-state index in [2.05, 4.69) is 16.0 Å². The molecule has 0 rings (SSSR count). The molecule has 10 N–H and O–H groups in total. The summed E-state index contributed by atoms with van der Waals surface area (Å²) in [6.07, 6.45) is 1.22. The van der Waals surface area contributed by atoms with E-state index >= 15 is 0 Å². The standard InChI is InChI=1S/C18H34N6O6/c1-10(2)7-11(20)16(27)24-13(8-14(21)25)17(28)22-9-15(26)23-12(18(29)30)5-3-4-6-19/h10-13H,3-9,19-20H2,1-2H3,(H2,21,25)(H,22,28)(H,23,26)(H,24,27)(H,29,30). The van der Waals surface area contributed by atoms with Crippen LogP contribution >= 0.6 is 0 Å². The van der Waals surface area contributed by atoms with Crippen molar-refractivity contribution in [1.29, 1.82) is 0 Å².